The van der Waals surface area contributed by atoms with Crippen molar-refractivity contribution in [2.24, 2.45) is 5.73 Å². The van der Waals surface area contributed by atoms with Crippen LogP contribution in [-0.2, 0) is 11.3 Å². The van der Waals surface area contributed by atoms with Gasteiger partial charge in [-0.05, 0) is 37.1 Å². The van der Waals surface area contributed by atoms with Gasteiger partial charge in [-0.1, -0.05) is 12.1 Å². The van der Waals surface area contributed by atoms with E-state index >= 15 is 0 Å². The molecule has 1 saturated heterocycles. The second-order valence-corrected chi connectivity index (χ2v) is 4.27. The fraction of sp³-hybridized carbons (Fsp3) is 0.417. The fourth-order valence-corrected chi connectivity index (χ4v) is 2.20. The molecule has 4 nitrogen and oxygen atoms in total. The largest absolute Gasteiger partial charge is 0.399 e. The van der Waals surface area contributed by atoms with Gasteiger partial charge >= 0.3 is 0 Å². The third kappa shape index (κ3) is 2.33. The van der Waals surface area contributed by atoms with Crippen molar-refractivity contribution in [3.8, 4) is 0 Å². The Balaban J connectivity index is 2.03. The van der Waals surface area contributed by atoms with E-state index in [1.165, 1.54) is 5.56 Å². The Morgan fingerprint density at radius 1 is 1.38 bits per heavy atom. The maximum absolute atomic E-state index is 11.2. The van der Waals surface area contributed by atoms with Crippen molar-refractivity contribution in [1.29, 1.82) is 0 Å². The molecular weight excluding hydrogens is 202 g/mol. The number of nitrogens with zero attached hydrogens (tertiary/aromatic N) is 1. The zero-order chi connectivity index (χ0) is 11.5. The fourth-order valence-electron chi connectivity index (χ4n) is 2.20. The predicted molar refractivity (Wildman–Crippen MR) is 63.5 cm³/mol. The lowest BCUT2D eigenvalue weighted by molar-refractivity contribution is -0.122. The summed E-state index contributed by atoms with van der Waals surface area (Å²) in [7, 11) is 0. The number of nitrogens with two attached hydrogens (primary N) is 2. The van der Waals surface area contributed by atoms with Gasteiger partial charge in [0.15, 0.2) is 0 Å². The Morgan fingerprint density at radius 3 is 2.69 bits per heavy atom. The van der Waals surface area contributed by atoms with Gasteiger partial charge in [0.25, 0.3) is 0 Å². The second kappa shape index (κ2) is 4.53. The van der Waals surface area contributed by atoms with Crippen LogP contribution < -0.4 is 11.5 Å². The number of hydrogen-bond acceptors (Lipinski definition) is 3. The summed E-state index contributed by atoms with van der Waals surface area (Å²) < 4.78 is 0. The van der Waals surface area contributed by atoms with E-state index in [4.69, 9.17) is 11.5 Å². The van der Waals surface area contributed by atoms with Gasteiger partial charge in [-0.15, -0.1) is 0 Å². The summed E-state index contributed by atoms with van der Waals surface area (Å²) in [5.41, 5.74) is 12.9. The smallest absolute Gasteiger partial charge is 0.234 e. The zero-order valence-electron chi connectivity index (χ0n) is 9.23. The van der Waals surface area contributed by atoms with Gasteiger partial charge in [-0.2, -0.15) is 0 Å². The Hall–Kier alpha value is -1.55. The molecule has 1 heterocycles. The monoisotopic (exact) mass is 219 g/mol. The van der Waals surface area contributed by atoms with Crippen molar-refractivity contribution in [3.05, 3.63) is 29.8 Å². The van der Waals surface area contributed by atoms with Crippen molar-refractivity contribution >= 4 is 11.6 Å². The number of carbonyl (C=O) groups is 1. The van der Waals surface area contributed by atoms with E-state index in [1.807, 2.05) is 24.3 Å². The van der Waals surface area contributed by atoms with Crippen molar-refractivity contribution < 1.29 is 4.79 Å². The highest BCUT2D eigenvalue weighted by Crippen LogP contribution is 2.20. The highest BCUT2D eigenvalue weighted by atomic mass is 16.1. The maximum atomic E-state index is 11.2. The topological polar surface area (TPSA) is 72.4 Å². The number of nitrogen functional groups attached to an aromatic ring is 1. The van der Waals surface area contributed by atoms with E-state index in [0.29, 0.717) is 0 Å². The van der Waals surface area contributed by atoms with Crippen molar-refractivity contribution in [3.63, 3.8) is 0 Å². The predicted octanol–water partition coefficient (Wildman–Crippen LogP) is 0.718. The summed E-state index contributed by atoms with van der Waals surface area (Å²) in [6.07, 6.45) is 1.92. The molecule has 1 unspecified atom stereocenters. The molecule has 4 heteroatoms. The van der Waals surface area contributed by atoms with Crippen LogP contribution in [0, 0.1) is 0 Å². The van der Waals surface area contributed by atoms with Crippen molar-refractivity contribution in [2.45, 2.75) is 25.4 Å². The normalized spacial score (nSPS) is 21.1. The van der Waals surface area contributed by atoms with Crippen molar-refractivity contribution in [2.75, 3.05) is 12.3 Å². The van der Waals surface area contributed by atoms with Crippen LogP contribution in [0.1, 0.15) is 18.4 Å². The molecule has 4 N–H and O–H groups in total. The molecule has 1 atom stereocenters. The SMILES string of the molecule is NC(=O)C1CCCN1Cc1ccc(N)cc1. The first-order valence-corrected chi connectivity index (χ1v) is 5.54. The summed E-state index contributed by atoms with van der Waals surface area (Å²) in [6.45, 7) is 1.71. The average Bonchev–Trinajstić information content (AvgIpc) is 2.69. The van der Waals surface area contributed by atoms with E-state index in [2.05, 4.69) is 4.90 Å². The molecule has 0 spiro atoms. The van der Waals surface area contributed by atoms with Gasteiger partial charge in [-0.3, -0.25) is 9.69 Å². The third-order valence-corrected chi connectivity index (χ3v) is 3.06. The molecule has 0 bridgehead atoms. The first-order chi connectivity index (χ1) is 7.66. The molecule has 1 aliphatic heterocycles. The molecule has 86 valence electrons. The Labute approximate surface area is 95.2 Å². The summed E-state index contributed by atoms with van der Waals surface area (Å²) in [5.74, 6) is -0.215. The molecular formula is C12H17N3O. The highest BCUT2D eigenvalue weighted by Gasteiger charge is 2.28. The van der Waals surface area contributed by atoms with Gasteiger partial charge in [0, 0.05) is 12.2 Å². The number of primary amides is 1. The first-order valence-electron chi connectivity index (χ1n) is 5.54. The summed E-state index contributed by atoms with van der Waals surface area (Å²) >= 11 is 0. The highest BCUT2D eigenvalue weighted by molar-refractivity contribution is 5.80. The molecule has 1 amide bonds. The third-order valence-electron chi connectivity index (χ3n) is 3.06. The molecule has 1 aromatic rings. The van der Waals surface area contributed by atoms with Crippen LogP contribution in [-0.4, -0.2) is 23.4 Å². The van der Waals surface area contributed by atoms with Gasteiger partial charge in [-0.25, -0.2) is 0 Å². The first kappa shape index (κ1) is 11.0. The number of likely N-dealkylation sites (tertiary alicyclic amines) is 1. The molecule has 0 radical (unpaired) electrons. The Kier molecular flexibility index (Phi) is 3.10. The van der Waals surface area contributed by atoms with E-state index in [1.54, 1.807) is 0 Å². The quantitative estimate of drug-likeness (QED) is 0.736. The van der Waals surface area contributed by atoms with Crippen LogP contribution >= 0.6 is 0 Å². The number of rotatable bonds is 3. The Bertz CT molecular complexity index is 374. The average molecular weight is 219 g/mol. The lowest BCUT2D eigenvalue weighted by Gasteiger charge is -2.21. The van der Waals surface area contributed by atoms with Crippen LogP contribution in [0.2, 0.25) is 0 Å². The maximum Gasteiger partial charge on any atom is 0.234 e. The van der Waals surface area contributed by atoms with Crippen molar-refractivity contribution in [1.82, 2.24) is 4.90 Å². The molecule has 0 aromatic heterocycles. The van der Waals surface area contributed by atoms with Gasteiger partial charge in [0.2, 0.25) is 5.91 Å². The van der Waals surface area contributed by atoms with Gasteiger partial charge < -0.3 is 11.5 Å². The minimum atomic E-state index is -0.215. The molecule has 0 saturated carbocycles. The van der Waals surface area contributed by atoms with Crippen LogP contribution in [0.3, 0.4) is 0 Å². The lowest BCUT2D eigenvalue weighted by atomic mass is 10.1. The van der Waals surface area contributed by atoms with Crippen LogP contribution in [0.4, 0.5) is 5.69 Å². The van der Waals surface area contributed by atoms with Gasteiger partial charge in [0.1, 0.15) is 0 Å². The summed E-state index contributed by atoms with van der Waals surface area (Å²) in [5, 5.41) is 0. The van der Waals surface area contributed by atoms with E-state index in [-0.39, 0.29) is 11.9 Å². The zero-order valence-corrected chi connectivity index (χ0v) is 9.23. The molecule has 0 aliphatic carbocycles. The van der Waals surface area contributed by atoms with Crippen LogP contribution in [0.25, 0.3) is 0 Å². The lowest BCUT2D eigenvalue weighted by Crippen LogP contribution is -2.39. The molecule has 2 rings (SSSR count). The Morgan fingerprint density at radius 2 is 2.06 bits per heavy atom. The minimum absolute atomic E-state index is 0.0995. The van der Waals surface area contributed by atoms with Gasteiger partial charge in [0.05, 0.1) is 6.04 Å². The summed E-state index contributed by atoms with van der Waals surface area (Å²) in [6, 6.07) is 7.64. The molecule has 1 fully saturated rings. The molecule has 16 heavy (non-hydrogen) atoms. The number of anilines is 1. The number of hydrogen-bond donors (Lipinski definition) is 2. The van der Waals surface area contributed by atoms with E-state index < -0.39 is 0 Å². The number of amides is 1. The number of carbonyl (C=O) groups excluding carboxylic acids is 1. The van der Waals surface area contributed by atoms with E-state index in [9.17, 15) is 4.79 Å². The van der Waals surface area contributed by atoms with E-state index in [0.717, 1.165) is 31.6 Å². The number of benzene rings is 1. The second-order valence-electron chi connectivity index (χ2n) is 4.27. The molecule has 1 aliphatic rings. The molecule has 1 aromatic carbocycles. The minimum Gasteiger partial charge on any atom is -0.399 e. The standard InChI is InChI=1S/C12H17N3O/c13-10-5-3-9(4-6-10)8-15-7-1-2-11(15)12(14)16/h3-6,11H,1-2,7-8,13H2,(H2,14,16). The summed E-state index contributed by atoms with van der Waals surface area (Å²) in [4.78, 5) is 13.3. The van der Waals surface area contributed by atoms with Crippen LogP contribution in [0.5, 0.6) is 0 Å². The van der Waals surface area contributed by atoms with Crippen LogP contribution in [0.15, 0.2) is 24.3 Å².